The number of aryl methyl sites for hydroxylation is 1. The van der Waals surface area contributed by atoms with Crippen LogP contribution in [0, 0.1) is 6.92 Å². The Labute approximate surface area is 119 Å². The number of hydrogen-bond acceptors (Lipinski definition) is 2. The molecule has 0 atom stereocenters. The Morgan fingerprint density at radius 2 is 2.05 bits per heavy atom. The molecular weight excluding hydrogens is 258 g/mol. The van der Waals surface area contributed by atoms with Gasteiger partial charge in [0.25, 0.3) is 0 Å². The number of aromatic nitrogens is 2. The lowest BCUT2D eigenvalue weighted by atomic mass is 10.1. The van der Waals surface area contributed by atoms with Crippen molar-refractivity contribution < 1.29 is 0 Å². The van der Waals surface area contributed by atoms with E-state index in [0.29, 0.717) is 0 Å². The maximum atomic E-state index is 6.01. The summed E-state index contributed by atoms with van der Waals surface area (Å²) in [6.45, 7) is 9.23. The second kappa shape index (κ2) is 5.25. The molecule has 102 valence electrons. The summed E-state index contributed by atoms with van der Waals surface area (Å²) in [5, 5.41) is 8.54. The summed E-state index contributed by atoms with van der Waals surface area (Å²) in [4.78, 5) is 0. The van der Waals surface area contributed by atoms with Crippen LogP contribution in [0.4, 0.5) is 5.69 Å². The van der Waals surface area contributed by atoms with Crippen LogP contribution in [0.2, 0.25) is 5.02 Å². The van der Waals surface area contributed by atoms with Crippen LogP contribution >= 0.6 is 11.6 Å². The smallest absolute Gasteiger partial charge is 0.0543 e. The molecule has 0 spiro atoms. The number of rotatable bonds is 3. The van der Waals surface area contributed by atoms with Crippen LogP contribution in [0.3, 0.4) is 0 Å². The Kier molecular flexibility index (Phi) is 3.85. The van der Waals surface area contributed by atoms with E-state index in [1.807, 2.05) is 29.1 Å². The molecule has 0 bridgehead atoms. The molecule has 0 fully saturated rings. The molecule has 0 saturated carbocycles. The van der Waals surface area contributed by atoms with Crippen LogP contribution < -0.4 is 5.32 Å². The Balaban J connectivity index is 2.06. The van der Waals surface area contributed by atoms with Gasteiger partial charge in [0.1, 0.15) is 0 Å². The standard InChI is InChI=1S/C15H20ClN3/c1-11-5-6-13(16)7-14(11)17-8-12-9-18-19(10-12)15(2,3)4/h5-7,9-10,17H,8H2,1-4H3. The molecule has 1 N–H and O–H groups in total. The average Bonchev–Trinajstić information content (AvgIpc) is 2.79. The monoisotopic (exact) mass is 277 g/mol. The first-order chi connectivity index (χ1) is 8.86. The van der Waals surface area contributed by atoms with E-state index in [-0.39, 0.29) is 5.54 Å². The summed E-state index contributed by atoms with van der Waals surface area (Å²) in [6, 6.07) is 5.87. The van der Waals surface area contributed by atoms with Crippen molar-refractivity contribution in [1.29, 1.82) is 0 Å². The SMILES string of the molecule is Cc1ccc(Cl)cc1NCc1cnn(C(C)(C)C)c1. The summed E-state index contributed by atoms with van der Waals surface area (Å²) in [5.74, 6) is 0. The van der Waals surface area contributed by atoms with Crippen LogP contribution in [-0.2, 0) is 12.1 Å². The van der Waals surface area contributed by atoms with Gasteiger partial charge in [-0.3, -0.25) is 4.68 Å². The van der Waals surface area contributed by atoms with Crippen molar-refractivity contribution in [3.63, 3.8) is 0 Å². The molecule has 2 rings (SSSR count). The highest BCUT2D eigenvalue weighted by Crippen LogP contribution is 2.21. The van der Waals surface area contributed by atoms with E-state index in [1.165, 1.54) is 5.56 Å². The summed E-state index contributed by atoms with van der Waals surface area (Å²) in [5.41, 5.74) is 3.43. The molecule has 2 aromatic rings. The van der Waals surface area contributed by atoms with Crippen LogP contribution in [0.5, 0.6) is 0 Å². The van der Waals surface area contributed by atoms with Gasteiger partial charge in [0.05, 0.1) is 11.7 Å². The van der Waals surface area contributed by atoms with Gasteiger partial charge in [0.2, 0.25) is 0 Å². The van der Waals surface area contributed by atoms with Crippen LogP contribution in [-0.4, -0.2) is 9.78 Å². The lowest BCUT2D eigenvalue weighted by Gasteiger charge is -2.18. The van der Waals surface area contributed by atoms with Crippen LogP contribution in [0.15, 0.2) is 30.6 Å². The van der Waals surface area contributed by atoms with Gasteiger partial charge in [0.15, 0.2) is 0 Å². The maximum absolute atomic E-state index is 6.01. The topological polar surface area (TPSA) is 29.9 Å². The molecule has 0 amide bonds. The fourth-order valence-electron chi connectivity index (χ4n) is 1.80. The number of nitrogens with one attached hydrogen (secondary N) is 1. The van der Waals surface area contributed by atoms with Gasteiger partial charge in [-0.2, -0.15) is 5.10 Å². The second-order valence-electron chi connectivity index (χ2n) is 5.78. The van der Waals surface area contributed by atoms with E-state index < -0.39 is 0 Å². The lowest BCUT2D eigenvalue weighted by Crippen LogP contribution is -2.21. The van der Waals surface area contributed by atoms with Gasteiger partial charge < -0.3 is 5.32 Å². The van der Waals surface area contributed by atoms with Crippen molar-refractivity contribution in [3.8, 4) is 0 Å². The Hall–Kier alpha value is -1.48. The zero-order valence-corrected chi connectivity index (χ0v) is 12.6. The molecule has 4 heteroatoms. The number of hydrogen-bond donors (Lipinski definition) is 1. The highest BCUT2D eigenvalue weighted by Gasteiger charge is 2.13. The van der Waals surface area contributed by atoms with Gasteiger partial charge in [-0.15, -0.1) is 0 Å². The normalized spacial score (nSPS) is 11.6. The van der Waals surface area contributed by atoms with Gasteiger partial charge in [-0.25, -0.2) is 0 Å². The number of benzene rings is 1. The fraction of sp³-hybridized carbons (Fsp3) is 0.400. The van der Waals surface area contributed by atoms with Crippen molar-refractivity contribution in [2.24, 2.45) is 0 Å². The molecule has 0 unspecified atom stereocenters. The van der Waals surface area contributed by atoms with Crippen LogP contribution in [0.25, 0.3) is 0 Å². The third kappa shape index (κ3) is 3.51. The van der Waals surface area contributed by atoms with Gasteiger partial charge in [-0.1, -0.05) is 17.7 Å². The van der Waals surface area contributed by atoms with E-state index in [2.05, 4.69) is 44.3 Å². The van der Waals surface area contributed by atoms with E-state index in [9.17, 15) is 0 Å². The summed E-state index contributed by atoms with van der Waals surface area (Å²) in [6.07, 6.45) is 3.98. The van der Waals surface area contributed by atoms with E-state index in [0.717, 1.165) is 22.8 Å². The first-order valence-corrected chi connectivity index (χ1v) is 6.78. The lowest BCUT2D eigenvalue weighted by molar-refractivity contribution is 0.355. The predicted molar refractivity (Wildman–Crippen MR) is 80.7 cm³/mol. The molecule has 0 aliphatic heterocycles. The molecule has 1 heterocycles. The van der Waals surface area contributed by atoms with Gasteiger partial charge in [-0.05, 0) is 45.4 Å². The van der Waals surface area contributed by atoms with Crippen LogP contribution in [0.1, 0.15) is 31.9 Å². The van der Waals surface area contributed by atoms with Crippen molar-refractivity contribution in [2.45, 2.75) is 39.8 Å². The quantitative estimate of drug-likeness (QED) is 0.911. The minimum Gasteiger partial charge on any atom is -0.381 e. The minimum absolute atomic E-state index is 0.0181. The first kappa shape index (κ1) is 13.9. The maximum Gasteiger partial charge on any atom is 0.0543 e. The number of nitrogens with zero attached hydrogens (tertiary/aromatic N) is 2. The second-order valence-corrected chi connectivity index (χ2v) is 6.21. The number of halogens is 1. The van der Waals surface area contributed by atoms with Crippen molar-refractivity contribution in [2.75, 3.05) is 5.32 Å². The van der Waals surface area contributed by atoms with Crippen molar-refractivity contribution >= 4 is 17.3 Å². The van der Waals surface area contributed by atoms with E-state index in [1.54, 1.807) is 0 Å². The third-order valence-electron chi connectivity index (χ3n) is 3.01. The molecule has 1 aromatic heterocycles. The zero-order valence-electron chi connectivity index (χ0n) is 11.9. The summed E-state index contributed by atoms with van der Waals surface area (Å²) in [7, 11) is 0. The molecule has 0 saturated heterocycles. The van der Waals surface area contributed by atoms with Gasteiger partial charge >= 0.3 is 0 Å². The third-order valence-corrected chi connectivity index (χ3v) is 3.24. The zero-order chi connectivity index (χ0) is 14.0. The number of anilines is 1. The highest BCUT2D eigenvalue weighted by atomic mass is 35.5. The largest absolute Gasteiger partial charge is 0.381 e. The fourth-order valence-corrected chi connectivity index (χ4v) is 1.97. The van der Waals surface area contributed by atoms with Crippen molar-refractivity contribution in [1.82, 2.24) is 9.78 Å². The predicted octanol–water partition coefficient (Wildman–Crippen LogP) is 4.21. The first-order valence-electron chi connectivity index (χ1n) is 6.40. The highest BCUT2D eigenvalue weighted by molar-refractivity contribution is 6.30. The summed E-state index contributed by atoms with van der Waals surface area (Å²) < 4.78 is 1.98. The van der Waals surface area contributed by atoms with Gasteiger partial charge in [0, 0.05) is 29.0 Å². The Bertz CT molecular complexity index is 567. The molecular formula is C15H20ClN3. The minimum atomic E-state index is 0.0181. The molecule has 3 nitrogen and oxygen atoms in total. The van der Waals surface area contributed by atoms with E-state index >= 15 is 0 Å². The summed E-state index contributed by atoms with van der Waals surface area (Å²) >= 11 is 6.01. The van der Waals surface area contributed by atoms with Crippen molar-refractivity contribution in [3.05, 3.63) is 46.7 Å². The molecule has 0 aliphatic carbocycles. The Morgan fingerprint density at radius 1 is 1.32 bits per heavy atom. The molecule has 1 aromatic carbocycles. The molecule has 0 aliphatic rings. The average molecular weight is 278 g/mol. The Morgan fingerprint density at radius 3 is 2.68 bits per heavy atom. The van der Waals surface area contributed by atoms with E-state index in [4.69, 9.17) is 11.6 Å². The molecule has 19 heavy (non-hydrogen) atoms. The molecule has 0 radical (unpaired) electrons.